The normalized spacial score (nSPS) is 14.4. The molecular formula is C30H36N2O5S. The van der Waals surface area contributed by atoms with Gasteiger partial charge in [0.05, 0.1) is 34.3 Å². The number of benzene rings is 2. The number of methoxy groups -OCH3 is 3. The van der Waals surface area contributed by atoms with E-state index in [0.717, 1.165) is 36.1 Å². The third-order valence-corrected chi connectivity index (χ3v) is 7.88. The average molecular weight is 537 g/mol. The van der Waals surface area contributed by atoms with Crippen LogP contribution in [0.4, 0.5) is 0 Å². The number of carbonyl (C=O) groups is 2. The maximum Gasteiger partial charge on any atom is 0.247 e. The first-order chi connectivity index (χ1) is 18.5. The fourth-order valence-corrected chi connectivity index (χ4v) is 5.81. The molecule has 1 heterocycles. The zero-order chi connectivity index (χ0) is 26.9. The molecule has 1 N–H and O–H groups in total. The van der Waals surface area contributed by atoms with E-state index >= 15 is 0 Å². The first-order valence-electron chi connectivity index (χ1n) is 13.0. The molecular weight excluding hydrogens is 500 g/mol. The van der Waals surface area contributed by atoms with Crippen LogP contribution in [0.1, 0.15) is 54.1 Å². The monoisotopic (exact) mass is 536 g/mol. The fraction of sp³-hybridized carbons (Fsp3) is 0.400. The van der Waals surface area contributed by atoms with Crippen LogP contribution in [-0.4, -0.2) is 44.1 Å². The Morgan fingerprint density at radius 3 is 2.34 bits per heavy atom. The minimum Gasteiger partial charge on any atom is -0.496 e. The predicted molar refractivity (Wildman–Crippen MR) is 149 cm³/mol. The van der Waals surface area contributed by atoms with E-state index in [2.05, 4.69) is 5.32 Å². The van der Waals surface area contributed by atoms with Crippen molar-refractivity contribution in [3.8, 4) is 17.2 Å². The Kier molecular flexibility index (Phi) is 9.65. The van der Waals surface area contributed by atoms with Gasteiger partial charge in [0.1, 0.15) is 11.8 Å². The lowest BCUT2D eigenvalue weighted by molar-refractivity contribution is -0.141. The van der Waals surface area contributed by atoms with Crippen LogP contribution >= 0.6 is 11.3 Å². The van der Waals surface area contributed by atoms with E-state index in [1.165, 1.54) is 17.8 Å². The molecule has 0 saturated heterocycles. The Morgan fingerprint density at radius 2 is 1.66 bits per heavy atom. The number of thiophene rings is 1. The topological polar surface area (TPSA) is 77.1 Å². The number of hydrogen-bond donors (Lipinski definition) is 1. The lowest BCUT2D eigenvalue weighted by atomic mass is 9.94. The maximum absolute atomic E-state index is 14.1. The Hall–Kier alpha value is -3.52. The number of hydrogen-bond acceptors (Lipinski definition) is 6. The summed E-state index contributed by atoms with van der Waals surface area (Å²) in [4.78, 5) is 30.7. The Bertz CT molecular complexity index is 1210. The van der Waals surface area contributed by atoms with Crippen LogP contribution in [0.2, 0.25) is 0 Å². The lowest BCUT2D eigenvalue weighted by Gasteiger charge is -2.34. The van der Waals surface area contributed by atoms with E-state index in [0.29, 0.717) is 22.8 Å². The minimum atomic E-state index is -0.931. The second-order valence-electron chi connectivity index (χ2n) is 9.42. The number of rotatable bonds is 11. The van der Waals surface area contributed by atoms with Crippen molar-refractivity contribution < 1.29 is 23.8 Å². The molecule has 2 amide bonds. The van der Waals surface area contributed by atoms with Crippen LogP contribution in [0.25, 0.3) is 0 Å². The number of para-hydroxylation sites is 2. The molecule has 0 bridgehead atoms. The molecule has 38 heavy (non-hydrogen) atoms. The van der Waals surface area contributed by atoms with Gasteiger partial charge in [-0.2, -0.15) is 0 Å². The van der Waals surface area contributed by atoms with Gasteiger partial charge in [-0.25, -0.2) is 0 Å². The Balaban J connectivity index is 1.80. The highest BCUT2D eigenvalue weighted by molar-refractivity contribution is 7.10. The van der Waals surface area contributed by atoms with Crippen molar-refractivity contribution >= 4 is 23.2 Å². The molecule has 3 aromatic rings. The van der Waals surface area contributed by atoms with Crippen LogP contribution in [0.15, 0.2) is 60.0 Å². The van der Waals surface area contributed by atoms with Crippen molar-refractivity contribution in [1.29, 1.82) is 0 Å². The van der Waals surface area contributed by atoms with E-state index in [4.69, 9.17) is 14.2 Å². The summed E-state index contributed by atoms with van der Waals surface area (Å²) in [5, 5.41) is 5.21. The first-order valence-corrected chi connectivity index (χ1v) is 13.9. The van der Waals surface area contributed by atoms with Crippen molar-refractivity contribution in [3.63, 3.8) is 0 Å². The third-order valence-electron chi connectivity index (χ3n) is 7.00. The molecule has 1 atom stereocenters. The van der Waals surface area contributed by atoms with Gasteiger partial charge in [-0.3, -0.25) is 9.59 Å². The summed E-state index contributed by atoms with van der Waals surface area (Å²) < 4.78 is 16.9. The molecule has 1 saturated carbocycles. The summed E-state index contributed by atoms with van der Waals surface area (Å²) >= 11 is 1.52. The molecule has 7 nitrogen and oxygen atoms in total. The third kappa shape index (κ3) is 6.48. The first kappa shape index (κ1) is 27.5. The summed E-state index contributed by atoms with van der Waals surface area (Å²) in [6.07, 6.45) is 5.40. The van der Waals surface area contributed by atoms with Gasteiger partial charge in [0.25, 0.3) is 0 Å². The van der Waals surface area contributed by atoms with E-state index < -0.39 is 6.04 Å². The molecule has 1 unspecified atom stereocenters. The van der Waals surface area contributed by atoms with Crippen molar-refractivity contribution in [2.75, 3.05) is 21.3 Å². The molecule has 0 spiro atoms. The number of ether oxygens (including phenoxy) is 3. The summed E-state index contributed by atoms with van der Waals surface area (Å²) in [5.74, 6) is 1.21. The molecule has 2 aromatic carbocycles. The van der Waals surface area contributed by atoms with Gasteiger partial charge in [0.15, 0.2) is 11.5 Å². The SMILES string of the molecule is COc1ccccc1CN(C(=O)Cc1cccs1)C(C(=O)NC1CCCCC1)c1cccc(OC)c1OC. The van der Waals surface area contributed by atoms with Crippen LogP contribution in [0.5, 0.6) is 17.2 Å². The summed E-state index contributed by atoms with van der Waals surface area (Å²) in [6.45, 7) is 0.192. The summed E-state index contributed by atoms with van der Waals surface area (Å²) in [6, 6.07) is 16.0. The highest BCUT2D eigenvalue weighted by Crippen LogP contribution is 2.39. The predicted octanol–water partition coefficient (Wildman–Crippen LogP) is 5.54. The van der Waals surface area contributed by atoms with E-state index in [1.54, 1.807) is 32.3 Å². The van der Waals surface area contributed by atoms with Gasteiger partial charge < -0.3 is 24.4 Å². The van der Waals surface area contributed by atoms with Gasteiger partial charge in [0, 0.05) is 22.0 Å². The molecule has 1 fully saturated rings. The van der Waals surface area contributed by atoms with Crippen molar-refractivity contribution in [2.45, 2.75) is 57.2 Å². The quantitative estimate of drug-likeness (QED) is 0.348. The maximum atomic E-state index is 14.1. The van der Waals surface area contributed by atoms with Crippen LogP contribution in [0.3, 0.4) is 0 Å². The van der Waals surface area contributed by atoms with Gasteiger partial charge in [0.2, 0.25) is 11.8 Å². The zero-order valence-electron chi connectivity index (χ0n) is 22.3. The number of nitrogens with one attached hydrogen (secondary N) is 1. The molecule has 0 radical (unpaired) electrons. The fourth-order valence-electron chi connectivity index (χ4n) is 5.11. The number of nitrogens with zero attached hydrogens (tertiary/aromatic N) is 1. The van der Waals surface area contributed by atoms with Crippen LogP contribution in [-0.2, 0) is 22.6 Å². The van der Waals surface area contributed by atoms with E-state index in [9.17, 15) is 9.59 Å². The Morgan fingerprint density at radius 1 is 0.921 bits per heavy atom. The highest BCUT2D eigenvalue weighted by Gasteiger charge is 2.36. The molecule has 8 heteroatoms. The molecule has 1 aliphatic carbocycles. The lowest BCUT2D eigenvalue weighted by Crippen LogP contribution is -2.47. The summed E-state index contributed by atoms with van der Waals surface area (Å²) in [5.41, 5.74) is 1.39. The van der Waals surface area contributed by atoms with Gasteiger partial charge >= 0.3 is 0 Å². The largest absolute Gasteiger partial charge is 0.496 e. The highest BCUT2D eigenvalue weighted by atomic mass is 32.1. The zero-order valence-corrected chi connectivity index (χ0v) is 23.1. The molecule has 4 rings (SSSR count). The number of amides is 2. The smallest absolute Gasteiger partial charge is 0.247 e. The molecule has 1 aliphatic rings. The van der Waals surface area contributed by atoms with Gasteiger partial charge in [-0.15, -0.1) is 11.3 Å². The molecule has 1 aromatic heterocycles. The van der Waals surface area contributed by atoms with Crippen LogP contribution in [0, 0.1) is 0 Å². The van der Waals surface area contributed by atoms with E-state index in [-0.39, 0.29) is 30.8 Å². The number of carbonyl (C=O) groups excluding carboxylic acids is 2. The minimum absolute atomic E-state index is 0.0795. The Labute approximate surface area is 228 Å². The van der Waals surface area contributed by atoms with Gasteiger partial charge in [-0.05, 0) is 36.4 Å². The standard InChI is InChI=1S/C30H36N2O5S/c1-35-25-16-8-7-11-21(25)20-32(27(33)19-23-14-10-18-38-23)28(30(34)31-22-12-5-4-6-13-22)24-15-9-17-26(36-2)29(24)37-3/h7-11,14-18,22,28H,4-6,12-13,19-20H2,1-3H3,(H,31,34). The van der Waals surface area contributed by atoms with Crippen molar-refractivity contribution in [1.82, 2.24) is 10.2 Å². The average Bonchev–Trinajstić information content (AvgIpc) is 3.46. The van der Waals surface area contributed by atoms with Crippen molar-refractivity contribution in [3.05, 3.63) is 76.0 Å². The molecule has 202 valence electrons. The molecule has 0 aliphatic heterocycles. The van der Waals surface area contributed by atoms with E-state index in [1.807, 2.05) is 53.9 Å². The second-order valence-corrected chi connectivity index (χ2v) is 10.5. The van der Waals surface area contributed by atoms with Crippen LogP contribution < -0.4 is 19.5 Å². The van der Waals surface area contributed by atoms with Crippen molar-refractivity contribution in [2.24, 2.45) is 0 Å². The second kappa shape index (κ2) is 13.3. The van der Waals surface area contributed by atoms with Gasteiger partial charge in [-0.1, -0.05) is 55.7 Å². The summed E-state index contributed by atoms with van der Waals surface area (Å²) in [7, 11) is 4.72.